The van der Waals surface area contributed by atoms with Crippen LogP contribution < -0.4 is 10.1 Å². The summed E-state index contributed by atoms with van der Waals surface area (Å²) in [6.07, 6.45) is 5.39. The van der Waals surface area contributed by atoms with E-state index in [1.807, 2.05) is 49.7 Å². The van der Waals surface area contributed by atoms with Crippen molar-refractivity contribution in [1.82, 2.24) is 19.7 Å². The number of aliphatic imine (C=N–C) groups is 1. The van der Waals surface area contributed by atoms with Gasteiger partial charge in [-0.1, -0.05) is 0 Å². The number of nitrogens with zero attached hydrogens (tertiary/aromatic N) is 5. The average molecular weight is 423 g/mol. The quantitative estimate of drug-likeness (QED) is 0.416. The van der Waals surface area contributed by atoms with Crippen LogP contribution >= 0.6 is 0 Å². The molecule has 3 aromatic rings. The highest BCUT2D eigenvalue weighted by Gasteiger charge is 2.19. The van der Waals surface area contributed by atoms with Crippen LogP contribution in [-0.4, -0.2) is 45.9 Å². The highest BCUT2D eigenvalue weighted by molar-refractivity contribution is 5.93. The minimum Gasteiger partial charge on any atom is -0.484 e. The number of hydrogen-bond acceptors (Lipinski definition) is 7. The van der Waals surface area contributed by atoms with E-state index in [0.29, 0.717) is 24.9 Å². The number of ether oxygens (including phenoxy) is 2. The third-order valence-electron chi connectivity index (χ3n) is 4.71. The van der Waals surface area contributed by atoms with Crippen molar-refractivity contribution in [3.63, 3.8) is 0 Å². The van der Waals surface area contributed by atoms with Gasteiger partial charge in [-0.2, -0.15) is 5.10 Å². The van der Waals surface area contributed by atoms with Gasteiger partial charge in [0.05, 0.1) is 36.4 Å². The molecule has 0 aliphatic rings. The Morgan fingerprint density at radius 3 is 2.87 bits per heavy atom. The van der Waals surface area contributed by atoms with E-state index >= 15 is 0 Å². The van der Waals surface area contributed by atoms with Crippen LogP contribution in [0.1, 0.15) is 39.4 Å². The summed E-state index contributed by atoms with van der Waals surface area (Å²) in [6.45, 7) is 11.1. The number of anilines is 1. The number of rotatable bonds is 8. The monoisotopic (exact) mass is 422 g/mol. The summed E-state index contributed by atoms with van der Waals surface area (Å²) < 4.78 is 12.8. The van der Waals surface area contributed by atoms with Crippen molar-refractivity contribution in [2.45, 2.75) is 40.7 Å². The van der Waals surface area contributed by atoms with Gasteiger partial charge < -0.3 is 14.8 Å². The van der Waals surface area contributed by atoms with Gasteiger partial charge >= 0.3 is 0 Å². The van der Waals surface area contributed by atoms with Crippen molar-refractivity contribution in [1.29, 1.82) is 0 Å². The lowest BCUT2D eigenvalue weighted by molar-refractivity contribution is 0.328. The fourth-order valence-electron chi connectivity index (χ4n) is 3.20. The van der Waals surface area contributed by atoms with Crippen LogP contribution in [0.15, 0.2) is 41.7 Å². The van der Waals surface area contributed by atoms with Crippen molar-refractivity contribution < 1.29 is 9.47 Å². The van der Waals surface area contributed by atoms with Crippen molar-refractivity contribution in [2.24, 2.45) is 4.99 Å². The molecule has 164 valence electrons. The lowest BCUT2D eigenvalue weighted by atomic mass is 10.1. The van der Waals surface area contributed by atoms with Crippen LogP contribution in [-0.2, 0) is 4.74 Å². The van der Waals surface area contributed by atoms with E-state index in [-0.39, 0.29) is 6.04 Å². The van der Waals surface area contributed by atoms with E-state index in [2.05, 4.69) is 29.1 Å². The summed E-state index contributed by atoms with van der Waals surface area (Å²) in [5.74, 6) is 1.18. The Hall–Kier alpha value is -3.42. The number of methoxy groups -OCH3 is 1. The van der Waals surface area contributed by atoms with Crippen molar-refractivity contribution in [2.75, 3.05) is 25.6 Å². The van der Waals surface area contributed by atoms with Crippen LogP contribution in [0.2, 0.25) is 0 Å². The maximum Gasteiger partial charge on any atom is 0.222 e. The van der Waals surface area contributed by atoms with Crippen LogP contribution in [0, 0.1) is 6.92 Å². The summed E-state index contributed by atoms with van der Waals surface area (Å²) in [5.41, 5.74) is 5.29. The molecular formula is C23H30N6O2. The molecule has 8 nitrogen and oxygen atoms in total. The van der Waals surface area contributed by atoms with E-state index in [0.717, 1.165) is 33.7 Å². The van der Waals surface area contributed by atoms with Gasteiger partial charge in [-0.3, -0.25) is 4.68 Å². The van der Waals surface area contributed by atoms with E-state index < -0.39 is 0 Å². The largest absolute Gasteiger partial charge is 0.484 e. The SMILES string of the molecule is CCOc1ncccc1-c1cc(NC/C=C/N=C(/C)OC)c2c(n1)c(C)nn2C(C)C. The molecule has 0 radical (unpaired) electrons. The van der Waals surface area contributed by atoms with Crippen LogP contribution in [0.5, 0.6) is 5.88 Å². The van der Waals surface area contributed by atoms with Gasteiger partial charge in [0.1, 0.15) is 11.0 Å². The molecule has 31 heavy (non-hydrogen) atoms. The Bertz CT molecular complexity index is 1100. The van der Waals surface area contributed by atoms with Gasteiger partial charge in [0, 0.05) is 31.9 Å². The maximum absolute atomic E-state index is 5.73. The molecule has 8 heteroatoms. The molecule has 0 spiro atoms. The number of nitrogens with one attached hydrogen (secondary N) is 1. The number of aromatic nitrogens is 4. The first-order valence-electron chi connectivity index (χ1n) is 10.4. The fraction of sp³-hybridized carbons (Fsp3) is 0.391. The first kappa shape index (κ1) is 22.3. The summed E-state index contributed by atoms with van der Waals surface area (Å²) in [4.78, 5) is 13.5. The molecule has 0 saturated heterocycles. The second-order valence-electron chi connectivity index (χ2n) is 7.28. The minimum atomic E-state index is 0.200. The average Bonchev–Trinajstić information content (AvgIpc) is 3.11. The second-order valence-corrected chi connectivity index (χ2v) is 7.28. The molecular weight excluding hydrogens is 392 g/mol. The molecule has 0 amide bonds. The van der Waals surface area contributed by atoms with Crippen LogP contribution in [0.3, 0.4) is 0 Å². The minimum absolute atomic E-state index is 0.200. The molecule has 3 heterocycles. The third kappa shape index (κ3) is 5.02. The molecule has 0 aliphatic heterocycles. The molecule has 0 saturated carbocycles. The Balaban J connectivity index is 2.08. The lowest BCUT2D eigenvalue weighted by Crippen LogP contribution is -2.07. The zero-order valence-corrected chi connectivity index (χ0v) is 19.0. The standard InChI is InChI=1S/C23H30N6O2/c1-7-31-23-18(10-8-11-26-23)19-14-20(25-13-9-12-24-17(5)30-6)22-21(27-19)16(4)28-29(22)15(2)3/h8-12,14-15H,7,13H2,1-6H3,(H,25,27)/b12-9+,24-17-. The molecule has 1 N–H and O–H groups in total. The molecule has 3 aromatic heterocycles. The Labute approximate surface area is 183 Å². The zero-order chi connectivity index (χ0) is 22.4. The maximum atomic E-state index is 5.73. The Morgan fingerprint density at radius 1 is 1.35 bits per heavy atom. The highest BCUT2D eigenvalue weighted by Crippen LogP contribution is 2.34. The van der Waals surface area contributed by atoms with Crippen molar-refractivity contribution in [3.8, 4) is 17.1 Å². The number of hydrogen-bond donors (Lipinski definition) is 1. The van der Waals surface area contributed by atoms with E-state index in [1.165, 1.54) is 0 Å². The van der Waals surface area contributed by atoms with E-state index in [9.17, 15) is 0 Å². The van der Waals surface area contributed by atoms with Crippen LogP contribution in [0.25, 0.3) is 22.3 Å². The molecule has 0 atom stereocenters. The smallest absolute Gasteiger partial charge is 0.222 e. The number of fused-ring (bicyclic) bond motifs is 1. The predicted molar refractivity (Wildman–Crippen MR) is 125 cm³/mol. The van der Waals surface area contributed by atoms with Gasteiger partial charge in [-0.25, -0.2) is 15.0 Å². The molecule has 3 rings (SSSR count). The molecule has 0 bridgehead atoms. The Kier molecular flexibility index (Phi) is 7.23. The summed E-state index contributed by atoms with van der Waals surface area (Å²) >= 11 is 0. The Morgan fingerprint density at radius 2 is 2.16 bits per heavy atom. The number of aryl methyl sites for hydroxylation is 1. The van der Waals surface area contributed by atoms with Gasteiger partial charge in [-0.05, 0) is 52.0 Å². The fourth-order valence-corrected chi connectivity index (χ4v) is 3.20. The molecule has 0 aromatic carbocycles. The van der Waals surface area contributed by atoms with Gasteiger partial charge in [0.2, 0.25) is 5.88 Å². The summed E-state index contributed by atoms with van der Waals surface area (Å²) in [6, 6.07) is 6.09. The number of pyridine rings is 2. The molecule has 0 fully saturated rings. The van der Waals surface area contributed by atoms with Gasteiger partial charge in [-0.15, -0.1) is 0 Å². The van der Waals surface area contributed by atoms with E-state index in [1.54, 1.807) is 19.5 Å². The lowest BCUT2D eigenvalue weighted by Gasteiger charge is -2.14. The summed E-state index contributed by atoms with van der Waals surface area (Å²) in [7, 11) is 1.60. The van der Waals surface area contributed by atoms with Gasteiger partial charge in [0.15, 0.2) is 5.90 Å². The normalized spacial score (nSPS) is 12.2. The molecule has 0 aliphatic carbocycles. The van der Waals surface area contributed by atoms with E-state index in [4.69, 9.17) is 19.6 Å². The predicted octanol–water partition coefficient (Wildman–Crippen LogP) is 4.77. The molecule has 0 unspecified atom stereocenters. The first-order chi connectivity index (χ1) is 15.0. The summed E-state index contributed by atoms with van der Waals surface area (Å²) in [5, 5.41) is 8.22. The first-order valence-corrected chi connectivity index (χ1v) is 10.4. The zero-order valence-electron chi connectivity index (χ0n) is 19.0. The van der Waals surface area contributed by atoms with Crippen molar-refractivity contribution >= 4 is 22.6 Å². The highest BCUT2D eigenvalue weighted by atomic mass is 16.5. The topological polar surface area (TPSA) is 86.4 Å². The van der Waals surface area contributed by atoms with Gasteiger partial charge in [0.25, 0.3) is 0 Å². The van der Waals surface area contributed by atoms with Crippen molar-refractivity contribution in [3.05, 3.63) is 42.4 Å². The van der Waals surface area contributed by atoms with Crippen LogP contribution in [0.4, 0.5) is 5.69 Å². The second kappa shape index (κ2) is 10.1. The third-order valence-corrected chi connectivity index (χ3v) is 4.71.